The van der Waals surface area contributed by atoms with Crippen molar-refractivity contribution in [2.75, 3.05) is 17.7 Å². The molecule has 0 unspecified atom stereocenters. The molecule has 28 heavy (non-hydrogen) atoms. The monoisotopic (exact) mass is 378 g/mol. The Labute approximate surface area is 163 Å². The van der Waals surface area contributed by atoms with E-state index in [0.29, 0.717) is 16.8 Å². The molecule has 0 spiro atoms. The van der Waals surface area contributed by atoms with E-state index in [2.05, 4.69) is 22.7 Å². The van der Waals surface area contributed by atoms with Gasteiger partial charge in [-0.25, -0.2) is 0 Å². The van der Waals surface area contributed by atoms with Gasteiger partial charge in [-0.2, -0.15) is 0 Å². The molecular weight excluding hydrogens is 356 g/mol. The van der Waals surface area contributed by atoms with Gasteiger partial charge in [0.2, 0.25) is 5.88 Å². The number of anilines is 2. The van der Waals surface area contributed by atoms with Crippen molar-refractivity contribution < 1.29 is 14.3 Å². The largest absolute Gasteiger partial charge is 0.479 e. The molecule has 7 heteroatoms. The number of benzene rings is 2. The van der Waals surface area contributed by atoms with Crippen LogP contribution < -0.4 is 15.4 Å². The Bertz CT molecular complexity index is 976. The maximum absolute atomic E-state index is 12.4. The Kier molecular flexibility index (Phi) is 5.74. The second kappa shape index (κ2) is 8.39. The zero-order valence-corrected chi connectivity index (χ0v) is 16.0. The summed E-state index contributed by atoms with van der Waals surface area (Å²) >= 11 is 0. The second-order valence-electron chi connectivity index (χ2n) is 6.26. The van der Waals surface area contributed by atoms with Crippen LogP contribution in [0.3, 0.4) is 0 Å². The van der Waals surface area contributed by atoms with E-state index < -0.39 is 0 Å². The number of amides is 2. The van der Waals surface area contributed by atoms with Gasteiger partial charge in [0.25, 0.3) is 11.8 Å². The van der Waals surface area contributed by atoms with Gasteiger partial charge in [0.1, 0.15) is 5.56 Å². The summed E-state index contributed by atoms with van der Waals surface area (Å²) in [4.78, 5) is 24.8. The molecule has 1 heterocycles. The number of hydrogen-bond acceptors (Lipinski definition) is 4. The van der Waals surface area contributed by atoms with Crippen LogP contribution in [0.2, 0.25) is 0 Å². The van der Waals surface area contributed by atoms with Crippen molar-refractivity contribution in [1.29, 1.82) is 0 Å². The Morgan fingerprint density at radius 1 is 0.964 bits per heavy atom. The molecule has 2 aromatic carbocycles. The lowest BCUT2D eigenvalue weighted by Gasteiger charge is -2.08. The number of methoxy groups -OCH3 is 1. The minimum atomic E-state index is -0.335. The quantitative estimate of drug-likeness (QED) is 0.687. The van der Waals surface area contributed by atoms with E-state index in [1.54, 1.807) is 37.5 Å². The van der Waals surface area contributed by atoms with Crippen molar-refractivity contribution in [3.8, 4) is 5.88 Å². The molecule has 0 aliphatic rings. The topological polar surface area (TPSA) is 85.3 Å². The Morgan fingerprint density at radius 3 is 2.11 bits per heavy atom. The zero-order chi connectivity index (χ0) is 20.1. The Morgan fingerprint density at radius 2 is 1.54 bits per heavy atom. The first-order valence-electron chi connectivity index (χ1n) is 8.89. The highest BCUT2D eigenvalue weighted by Gasteiger charge is 2.16. The molecule has 3 rings (SSSR count). The van der Waals surface area contributed by atoms with Crippen molar-refractivity contribution >= 4 is 23.2 Å². The second-order valence-corrected chi connectivity index (χ2v) is 6.26. The molecule has 0 saturated carbocycles. The number of nitrogens with one attached hydrogen (secondary N) is 2. The standard InChI is InChI=1S/C21H22N4O3/c1-4-14-5-9-16(10-6-14)22-19(26)15-7-11-17(12-8-15)23-20(27)18-13-25(2)24-21(18)28-3/h5-13H,4H2,1-3H3,(H,22,26)(H,23,27). The first-order valence-corrected chi connectivity index (χ1v) is 8.89. The van der Waals surface area contributed by atoms with E-state index in [1.807, 2.05) is 24.3 Å². The van der Waals surface area contributed by atoms with Crippen LogP contribution >= 0.6 is 0 Å². The minimum absolute atomic E-state index is 0.212. The van der Waals surface area contributed by atoms with Crippen LogP contribution in [0, 0.1) is 0 Å². The van der Waals surface area contributed by atoms with E-state index in [1.165, 1.54) is 17.4 Å². The zero-order valence-electron chi connectivity index (χ0n) is 16.0. The Hall–Kier alpha value is -3.61. The number of ether oxygens (including phenoxy) is 1. The maximum atomic E-state index is 12.4. The van der Waals surface area contributed by atoms with Gasteiger partial charge in [-0.3, -0.25) is 14.3 Å². The molecule has 0 atom stereocenters. The molecule has 0 aliphatic heterocycles. The highest BCUT2D eigenvalue weighted by molar-refractivity contribution is 6.07. The number of carbonyl (C=O) groups is 2. The summed E-state index contributed by atoms with van der Waals surface area (Å²) in [5.41, 5.74) is 3.35. The molecule has 1 aromatic heterocycles. The van der Waals surface area contributed by atoms with Crippen LogP contribution in [0.25, 0.3) is 0 Å². The van der Waals surface area contributed by atoms with Crippen LogP contribution in [-0.4, -0.2) is 28.7 Å². The van der Waals surface area contributed by atoms with Gasteiger partial charge in [0, 0.05) is 30.2 Å². The van der Waals surface area contributed by atoms with E-state index >= 15 is 0 Å². The molecule has 0 aliphatic carbocycles. The minimum Gasteiger partial charge on any atom is -0.479 e. The smallest absolute Gasteiger partial charge is 0.262 e. The molecule has 3 aromatic rings. The van der Waals surface area contributed by atoms with Crippen LogP contribution in [0.1, 0.15) is 33.2 Å². The number of hydrogen-bond donors (Lipinski definition) is 2. The van der Waals surface area contributed by atoms with Gasteiger partial charge < -0.3 is 15.4 Å². The molecule has 2 N–H and O–H groups in total. The van der Waals surface area contributed by atoms with Crippen molar-refractivity contribution in [2.24, 2.45) is 7.05 Å². The molecular formula is C21H22N4O3. The van der Waals surface area contributed by atoms with E-state index in [0.717, 1.165) is 12.1 Å². The van der Waals surface area contributed by atoms with Gasteiger partial charge >= 0.3 is 0 Å². The predicted octanol–water partition coefficient (Wildman–Crippen LogP) is 3.50. The normalized spacial score (nSPS) is 10.4. The molecule has 0 bridgehead atoms. The van der Waals surface area contributed by atoms with Crippen LogP contribution in [0.4, 0.5) is 11.4 Å². The molecule has 144 valence electrons. The summed E-state index contributed by atoms with van der Waals surface area (Å²) in [5.74, 6) is -0.292. The third-order valence-corrected chi connectivity index (χ3v) is 4.26. The fraction of sp³-hybridized carbons (Fsp3) is 0.190. The number of carbonyl (C=O) groups excluding carboxylic acids is 2. The van der Waals surface area contributed by atoms with Gasteiger partial charge in [0.05, 0.1) is 7.11 Å². The van der Waals surface area contributed by atoms with Crippen molar-refractivity contribution in [3.05, 3.63) is 71.4 Å². The maximum Gasteiger partial charge on any atom is 0.262 e. The van der Waals surface area contributed by atoms with Crippen LogP contribution in [0.15, 0.2) is 54.7 Å². The number of nitrogens with zero attached hydrogens (tertiary/aromatic N) is 2. The fourth-order valence-corrected chi connectivity index (χ4v) is 2.70. The van der Waals surface area contributed by atoms with E-state index in [9.17, 15) is 9.59 Å². The Balaban J connectivity index is 1.65. The number of aryl methyl sites for hydroxylation is 2. The van der Waals surface area contributed by atoms with Crippen LogP contribution in [-0.2, 0) is 13.5 Å². The van der Waals surface area contributed by atoms with Gasteiger partial charge in [0.15, 0.2) is 0 Å². The third kappa shape index (κ3) is 4.37. The molecule has 7 nitrogen and oxygen atoms in total. The summed E-state index contributed by atoms with van der Waals surface area (Å²) < 4.78 is 6.61. The predicted molar refractivity (Wildman–Crippen MR) is 108 cm³/mol. The highest BCUT2D eigenvalue weighted by Crippen LogP contribution is 2.18. The van der Waals surface area contributed by atoms with E-state index in [4.69, 9.17) is 4.74 Å². The highest BCUT2D eigenvalue weighted by atomic mass is 16.5. The van der Waals surface area contributed by atoms with Gasteiger partial charge in [-0.15, -0.1) is 5.10 Å². The third-order valence-electron chi connectivity index (χ3n) is 4.26. The SMILES string of the molecule is CCc1ccc(NC(=O)c2ccc(NC(=O)c3cn(C)nc3OC)cc2)cc1. The molecule has 0 saturated heterocycles. The first kappa shape index (κ1) is 19.2. The number of rotatable bonds is 6. The lowest BCUT2D eigenvalue weighted by Crippen LogP contribution is -2.14. The summed E-state index contributed by atoms with van der Waals surface area (Å²) in [6.07, 6.45) is 2.53. The summed E-state index contributed by atoms with van der Waals surface area (Å²) in [7, 11) is 3.17. The molecule has 2 amide bonds. The lowest BCUT2D eigenvalue weighted by atomic mass is 10.1. The molecule has 0 radical (unpaired) electrons. The first-order chi connectivity index (χ1) is 13.5. The van der Waals surface area contributed by atoms with Crippen molar-refractivity contribution in [2.45, 2.75) is 13.3 Å². The van der Waals surface area contributed by atoms with Crippen molar-refractivity contribution in [1.82, 2.24) is 9.78 Å². The fourth-order valence-electron chi connectivity index (χ4n) is 2.70. The van der Waals surface area contributed by atoms with Gasteiger partial charge in [-0.1, -0.05) is 19.1 Å². The molecule has 0 fully saturated rings. The lowest BCUT2D eigenvalue weighted by molar-refractivity contribution is 0.101. The summed E-state index contributed by atoms with van der Waals surface area (Å²) in [6, 6.07) is 14.4. The van der Waals surface area contributed by atoms with Crippen LogP contribution in [0.5, 0.6) is 5.88 Å². The van der Waals surface area contributed by atoms with Gasteiger partial charge in [-0.05, 0) is 48.4 Å². The summed E-state index contributed by atoms with van der Waals surface area (Å²) in [5, 5.41) is 9.69. The van der Waals surface area contributed by atoms with E-state index in [-0.39, 0.29) is 17.7 Å². The summed E-state index contributed by atoms with van der Waals surface area (Å²) in [6.45, 7) is 2.08. The number of aromatic nitrogens is 2. The average Bonchev–Trinajstić information content (AvgIpc) is 3.10. The van der Waals surface area contributed by atoms with Crippen molar-refractivity contribution in [3.63, 3.8) is 0 Å². The average molecular weight is 378 g/mol.